The summed E-state index contributed by atoms with van der Waals surface area (Å²) in [6.07, 6.45) is 0.342. The fourth-order valence-electron chi connectivity index (χ4n) is 0.968. The van der Waals surface area contributed by atoms with Gasteiger partial charge in [0, 0.05) is 5.92 Å². The summed E-state index contributed by atoms with van der Waals surface area (Å²) in [5.74, 6) is -0.817. The fourth-order valence-corrected chi connectivity index (χ4v) is 0.968. The minimum Gasteiger partial charge on any atom is -0.212 e. The largest absolute Gasteiger partial charge is 0.266 e. The Morgan fingerprint density at radius 3 is 2.15 bits per heavy atom. The van der Waals surface area contributed by atoms with E-state index in [4.69, 9.17) is 0 Å². The SMILES string of the molecule is C=C(F)C(C)CCC(C)C=C(F)F. The van der Waals surface area contributed by atoms with Gasteiger partial charge in [0.1, 0.15) is 0 Å². The first-order valence-electron chi connectivity index (χ1n) is 4.30. The molecule has 13 heavy (non-hydrogen) atoms. The number of allylic oxidation sites excluding steroid dienone is 2. The molecule has 0 aromatic heterocycles. The van der Waals surface area contributed by atoms with Crippen LogP contribution in [0.4, 0.5) is 13.2 Å². The highest BCUT2D eigenvalue weighted by atomic mass is 19.3. The predicted octanol–water partition coefficient (Wildman–Crippen LogP) is 4.30. The summed E-state index contributed by atoms with van der Waals surface area (Å²) in [4.78, 5) is 0. The maximum Gasteiger partial charge on any atom is 0.266 e. The zero-order valence-electron chi connectivity index (χ0n) is 7.99. The van der Waals surface area contributed by atoms with Crippen molar-refractivity contribution < 1.29 is 13.2 Å². The number of hydrogen-bond acceptors (Lipinski definition) is 0. The highest BCUT2D eigenvalue weighted by Gasteiger charge is 2.08. The predicted molar refractivity (Wildman–Crippen MR) is 48.1 cm³/mol. The van der Waals surface area contributed by atoms with Crippen molar-refractivity contribution in [3.05, 3.63) is 24.6 Å². The van der Waals surface area contributed by atoms with Crippen molar-refractivity contribution in [2.45, 2.75) is 26.7 Å². The Morgan fingerprint density at radius 1 is 1.23 bits per heavy atom. The van der Waals surface area contributed by atoms with Gasteiger partial charge in [0.2, 0.25) is 0 Å². The second-order valence-corrected chi connectivity index (χ2v) is 3.36. The van der Waals surface area contributed by atoms with Crippen LogP contribution in [-0.2, 0) is 0 Å². The van der Waals surface area contributed by atoms with Crippen molar-refractivity contribution in [2.24, 2.45) is 11.8 Å². The molecule has 0 aliphatic carbocycles. The van der Waals surface area contributed by atoms with Crippen molar-refractivity contribution in [1.29, 1.82) is 0 Å². The third-order valence-electron chi connectivity index (χ3n) is 2.00. The molecule has 0 saturated carbocycles. The summed E-state index contributed by atoms with van der Waals surface area (Å²) >= 11 is 0. The normalized spacial score (nSPS) is 14.8. The first-order chi connectivity index (χ1) is 5.93. The van der Waals surface area contributed by atoms with Gasteiger partial charge in [0.25, 0.3) is 6.08 Å². The lowest BCUT2D eigenvalue weighted by Crippen LogP contribution is -1.98. The molecule has 0 aliphatic heterocycles. The third-order valence-corrected chi connectivity index (χ3v) is 2.00. The van der Waals surface area contributed by atoms with Crippen molar-refractivity contribution in [1.82, 2.24) is 0 Å². The van der Waals surface area contributed by atoms with E-state index in [9.17, 15) is 13.2 Å². The molecule has 0 bridgehead atoms. The molecule has 0 aromatic carbocycles. The van der Waals surface area contributed by atoms with Gasteiger partial charge in [-0.15, -0.1) is 0 Å². The summed E-state index contributed by atoms with van der Waals surface area (Å²) in [5, 5.41) is 0. The van der Waals surface area contributed by atoms with Crippen LogP contribution in [0.1, 0.15) is 26.7 Å². The van der Waals surface area contributed by atoms with Crippen LogP contribution in [-0.4, -0.2) is 0 Å². The molecule has 0 spiro atoms. The lowest BCUT2D eigenvalue weighted by Gasteiger charge is -2.10. The molecule has 76 valence electrons. The van der Waals surface area contributed by atoms with Gasteiger partial charge in [-0.2, -0.15) is 8.78 Å². The Balaban J connectivity index is 3.76. The molecule has 2 atom stereocenters. The van der Waals surface area contributed by atoms with Crippen LogP contribution >= 0.6 is 0 Å². The Kier molecular flexibility index (Phi) is 5.51. The van der Waals surface area contributed by atoms with Crippen LogP contribution in [0.15, 0.2) is 24.6 Å². The van der Waals surface area contributed by atoms with Gasteiger partial charge >= 0.3 is 0 Å². The summed E-state index contributed by atoms with van der Waals surface area (Å²) in [6.45, 7) is 6.55. The highest BCUT2D eigenvalue weighted by Crippen LogP contribution is 2.20. The highest BCUT2D eigenvalue weighted by molar-refractivity contribution is 4.89. The van der Waals surface area contributed by atoms with E-state index < -0.39 is 6.08 Å². The molecular weight excluding hydrogens is 177 g/mol. The van der Waals surface area contributed by atoms with Crippen LogP contribution in [0.3, 0.4) is 0 Å². The van der Waals surface area contributed by atoms with Gasteiger partial charge in [-0.25, -0.2) is 4.39 Å². The second-order valence-electron chi connectivity index (χ2n) is 3.36. The van der Waals surface area contributed by atoms with Crippen molar-refractivity contribution in [3.63, 3.8) is 0 Å². The number of hydrogen-bond donors (Lipinski definition) is 0. The minimum absolute atomic E-state index is 0.202. The lowest BCUT2D eigenvalue weighted by atomic mass is 9.98. The zero-order chi connectivity index (χ0) is 10.4. The molecule has 0 N–H and O–H groups in total. The first kappa shape index (κ1) is 12.3. The smallest absolute Gasteiger partial charge is 0.212 e. The molecule has 3 heteroatoms. The van der Waals surface area contributed by atoms with E-state index in [1.807, 2.05) is 0 Å². The van der Waals surface area contributed by atoms with Gasteiger partial charge in [-0.05, 0) is 24.8 Å². The number of halogens is 3. The fraction of sp³-hybridized carbons (Fsp3) is 0.600. The Hall–Kier alpha value is -0.730. The van der Waals surface area contributed by atoms with Crippen LogP contribution in [0.5, 0.6) is 0 Å². The van der Waals surface area contributed by atoms with E-state index in [0.29, 0.717) is 12.8 Å². The first-order valence-corrected chi connectivity index (χ1v) is 4.30. The van der Waals surface area contributed by atoms with Gasteiger partial charge < -0.3 is 0 Å². The molecule has 0 aliphatic rings. The Bertz CT molecular complexity index is 192. The quantitative estimate of drug-likeness (QED) is 0.609. The van der Waals surface area contributed by atoms with Crippen LogP contribution in [0, 0.1) is 11.8 Å². The number of rotatable bonds is 5. The van der Waals surface area contributed by atoms with E-state index in [1.165, 1.54) is 0 Å². The van der Waals surface area contributed by atoms with Crippen molar-refractivity contribution >= 4 is 0 Å². The molecule has 0 fully saturated rings. The molecule has 0 aromatic rings. The molecule has 0 nitrogen and oxygen atoms in total. The van der Waals surface area contributed by atoms with E-state index >= 15 is 0 Å². The molecular formula is C10H15F3. The van der Waals surface area contributed by atoms with Gasteiger partial charge in [-0.1, -0.05) is 20.4 Å². The molecule has 0 heterocycles. The third kappa shape index (κ3) is 6.43. The van der Waals surface area contributed by atoms with E-state index in [1.54, 1.807) is 13.8 Å². The van der Waals surface area contributed by atoms with E-state index in [0.717, 1.165) is 6.08 Å². The maximum absolute atomic E-state index is 12.4. The average molecular weight is 192 g/mol. The summed E-state index contributed by atoms with van der Waals surface area (Å²) in [5.41, 5.74) is 0. The monoisotopic (exact) mass is 192 g/mol. The maximum atomic E-state index is 12.4. The van der Waals surface area contributed by atoms with Gasteiger partial charge in [-0.3, -0.25) is 0 Å². The topological polar surface area (TPSA) is 0 Å². The van der Waals surface area contributed by atoms with E-state index in [-0.39, 0.29) is 17.7 Å². The summed E-state index contributed by atoms with van der Waals surface area (Å²) in [6, 6.07) is 0. The summed E-state index contributed by atoms with van der Waals surface area (Å²) < 4.78 is 35.9. The van der Waals surface area contributed by atoms with Crippen LogP contribution in [0.2, 0.25) is 0 Å². The van der Waals surface area contributed by atoms with Crippen molar-refractivity contribution in [3.8, 4) is 0 Å². The van der Waals surface area contributed by atoms with E-state index in [2.05, 4.69) is 6.58 Å². The summed E-state index contributed by atoms with van der Waals surface area (Å²) in [7, 11) is 0. The molecule has 0 radical (unpaired) electrons. The Morgan fingerprint density at radius 2 is 1.77 bits per heavy atom. The molecule has 0 amide bonds. The van der Waals surface area contributed by atoms with Gasteiger partial charge in [0.05, 0.1) is 5.83 Å². The lowest BCUT2D eigenvalue weighted by molar-refractivity contribution is 0.398. The molecule has 2 unspecified atom stereocenters. The standard InChI is InChI=1S/C10H15F3/c1-7(6-10(12)13)4-5-8(2)9(3)11/h6-8H,3-5H2,1-2H3. The zero-order valence-corrected chi connectivity index (χ0v) is 7.99. The van der Waals surface area contributed by atoms with Crippen LogP contribution < -0.4 is 0 Å². The van der Waals surface area contributed by atoms with Crippen LogP contribution in [0.25, 0.3) is 0 Å². The molecule has 0 rings (SSSR count). The Labute approximate surface area is 77.1 Å². The molecule has 0 saturated heterocycles. The van der Waals surface area contributed by atoms with Crippen molar-refractivity contribution in [2.75, 3.05) is 0 Å². The second kappa shape index (κ2) is 5.84. The average Bonchev–Trinajstić information content (AvgIpc) is 1.98. The minimum atomic E-state index is -1.67. The van der Waals surface area contributed by atoms with Gasteiger partial charge in [0.15, 0.2) is 0 Å².